The van der Waals surface area contributed by atoms with Gasteiger partial charge in [-0.1, -0.05) is 30.3 Å². The summed E-state index contributed by atoms with van der Waals surface area (Å²) in [4.78, 5) is 0. The van der Waals surface area contributed by atoms with Crippen molar-refractivity contribution in [2.45, 2.75) is 49.4 Å². The molecule has 0 amide bonds. The van der Waals surface area contributed by atoms with Crippen molar-refractivity contribution >= 4 is 11.8 Å². The van der Waals surface area contributed by atoms with Gasteiger partial charge in [-0.2, -0.15) is 17.0 Å². The zero-order chi connectivity index (χ0) is 14.5. The fourth-order valence-electron chi connectivity index (χ4n) is 3.50. The maximum absolute atomic E-state index is 9.42. The molecule has 3 rings (SSSR count). The molecule has 2 fully saturated rings. The molecule has 1 aliphatic heterocycles. The van der Waals surface area contributed by atoms with Crippen molar-refractivity contribution in [3.05, 3.63) is 35.9 Å². The fourth-order valence-corrected chi connectivity index (χ4v) is 5.02. The van der Waals surface area contributed by atoms with Crippen molar-refractivity contribution in [3.63, 3.8) is 0 Å². The number of benzene rings is 1. The Hall–Kier alpha value is -0.980. The van der Waals surface area contributed by atoms with E-state index in [1.54, 1.807) is 0 Å². The number of hydrogen-bond donors (Lipinski definition) is 0. The minimum absolute atomic E-state index is 0.219. The maximum Gasteiger partial charge on any atom is 0.0667 e. The number of ether oxygens (including phenoxy) is 1. The first-order chi connectivity index (χ1) is 10.4. The van der Waals surface area contributed by atoms with E-state index in [0.29, 0.717) is 17.3 Å². The van der Waals surface area contributed by atoms with Crippen LogP contribution < -0.4 is 0 Å². The summed E-state index contributed by atoms with van der Waals surface area (Å²) >= 11 is 1.98. The Morgan fingerprint density at radius 2 is 2.05 bits per heavy atom. The van der Waals surface area contributed by atoms with Crippen LogP contribution in [0.2, 0.25) is 0 Å². The number of rotatable bonds is 4. The molecule has 1 saturated heterocycles. The first-order valence-corrected chi connectivity index (χ1v) is 9.09. The van der Waals surface area contributed by atoms with Gasteiger partial charge in [-0.05, 0) is 43.6 Å². The van der Waals surface area contributed by atoms with Crippen LogP contribution in [0.25, 0.3) is 0 Å². The lowest BCUT2D eigenvalue weighted by atomic mass is 9.79. The van der Waals surface area contributed by atoms with E-state index in [-0.39, 0.29) is 5.92 Å². The summed E-state index contributed by atoms with van der Waals surface area (Å²) in [6.45, 7) is 0.921. The van der Waals surface area contributed by atoms with Gasteiger partial charge in [0.25, 0.3) is 0 Å². The third-order valence-corrected chi connectivity index (χ3v) is 6.26. The van der Waals surface area contributed by atoms with Crippen molar-refractivity contribution in [2.75, 3.05) is 12.4 Å². The monoisotopic (exact) mass is 301 g/mol. The summed E-state index contributed by atoms with van der Waals surface area (Å²) in [5.74, 6) is 1.90. The van der Waals surface area contributed by atoms with Crippen molar-refractivity contribution < 1.29 is 4.74 Å². The average Bonchev–Trinajstić information content (AvgIpc) is 3.07. The molecule has 0 N–H and O–H groups in total. The van der Waals surface area contributed by atoms with Crippen LogP contribution >= 0.6 is 11.8 Å². The number of hydrogen-bond acceptors (Lipinski definition) is 3. The highest BCUT2D eigenvalue weighted by Gasteiger charge is 2.32. The molecule has 0 spiro atoms. The van der Waals surface area contributed by atoms with Crippen LogP contribution in [-0.2, 0) is 4.74 Å². The van der Waals surface area contributed by atoms with E-state index in [4.69, 9.17) is 4.74 Å². The van der Waals surface area contributed by atoms with Gasteiger partial charge in [-0.25, -0.2) is 0 Å². The molecule has 2 aliphatic rings. The van der Waals surface area contributed by atoms with Gasteiger partial charge < -0.3 is 4.74 Å². The maximum atomic E-state index is 9.42. The molecule has 1 aliphatic carbocycles. The standard InChI is InChI=1S/C18H23NOS/c19-12-16-9-8-15(14-5-2-1-3-6-14)11-18(16)21-13-17-7-4-10-20-17/h1-3,5-6,15-18H,4,7-11,13H2. The topological polar surface area (TPSA) is 33.0 Å². The molecule has 0 bridgehead atoms. The summed E-state index contributed by atoms with van der Waals surface area (Å²) in [6.07, 6.45) is 6.15. The van der Waals surface area contributed by atoms with Gasteiger partial charge in [0.15, 0.2) is 0 Å². The van der Waals surface area contributed by atoms with E-state index in [1.807, 2.05) is 11.8 Å². The van der Waals surface area contributed by atoms with E-state index in [0.717, 1.165) is 31.6 Å². The second-order valence-corrected chi connectivity index (χ2v) is 7.44. The lowest BCUT2D eigenvalue weighted by molar-refractivity contribution is 0.128. The number of thioether (sulfide) groups is 1. The first-order valence-electron chi connectivity index (χ1n) is 8.04. The first kappa shape index (κ1) is 14.9. The second-order valence-electron chi connectivity index (χ2n) is 6.16. The molecule has 4 atom stereocenters. The van der Waals surface area contributed by atoms with Crippen LogP contribution in [0.5, 0.6) is 0 Å². The number of nitrogens with zero attached hydrogens (tertiary/aromatic N) is 1. The summed E-state index contributed by atoms with van der Waals surface area (Å²) in [5.41, 5.74) is 1.44. The zero-order valence-corrected chi connectivity index (χ0v) is 13.2. The Morgan fingerprint density at radius 3 is 2.76 bits per heavy atom. The molecule has 21 heavy (non-hydrogen) atoms. The van der Waals surface area contributed by atoms with Crippen molar-refractivity contribution in [3.8, 4) is 6.07 Å². The van der Waals surface area contributed by atoms with Gasteiger partial charge in [0.05, 0.1) is 18.1 Å². The third-order valence-electron chi connectivity index (χ3n) is 4.75. The van der Waals surface area contributed by atoms with E-state index >= 15 is 0 Å². The molecule has 1 heterocycles. The predicted molar refractivity (Wildman–Crippen MR) is 87.4 cm³/mol. The summed E-state index contributed by atoms with van der Waals surface area (Å²) in [7, 11) is 0. The lowest BCUT2D eigenvalue weighted by Crippen LogP contribution is -2.27. The highest BCUT2D eigenvalue weighted by atomic mass is 32.2. The largest absolute Gasteiger partial charge is 0.377 e. The fraction of sp³-hybridized carbons (Fsp3) is 0.611. The average molecular weight is 301 g/mol. The Kier molecular flexibility index (Phi) is 5.22. The normalized spacial score (nSPS) is 32.7. The van der Waals surface area contributed by atoms with Crippen LogP contribution in [-0.4, -0.2) is 23.7 Å². The predicted octanol–water partition coefficient (Wildman–Crippen LogP) is 4.37. The molecule has 1 saturated carbocycles. The smallest absolute Gasteiger partial charge is 0.0667 e. The van der Waals surface area contributed by atoms with E-state index in [9.17, 15) is 5.26 Å². The number of nitriles is 1. The van der Waals surface area contributed by atoms with Gasteiger partial charge in [0, 0.05) is 17.6 Å². The molecule has 3 heteroatoms. The summed E-state index contributed by atoms with van der Waals surface area (Å²) in [6, 6.07) is 13.3. The minimum Gasteiger partial charge on any atom is -0.377 e. The highest BCUT2D eigenvalue weighted by Crippen LogP contribution is 2.41. The Bertz CT molecular complexity index is 478. The van der Waals surface area contributed by atoms with Crippen LogP contribution in [0.1, 0.15) is 43.6 Å². The molecular weight excluding hydrogens is 278 g/mol. The Morgan fingerprint density at radius 1 is 1.19 bits per heavy atom. The van der Waals surface area contributed by atoms with Crippen LogP contribution in [0, 0.1) is 17.2 Å². The van der Waals surface area contributed by atoms with E-state index < -0.39 is 0 Å². The Labute approximate surface area is 131 Å². The summed E-state index contributed by atoms with van der Waals surface area (Å²) < 4.78 is 5.72. The van der Waals surface area contributed by atoms with Crippen molar-refractivity contribution in [1.29, 1.82) is 5.26 Å². The molecule has 4 unspecified atom stereocenters. The highest BCUT2D eigenvalue weighted by molar-refractivity contribution is 7.99. The molecule has 1 aromatic rings. The van der Waals surface area contributed by atoms with Gasteiger partial charge in [0.1, 0.15) is 0 Å². The van der Waals surface area contributed by atoms with Crippen LogP contribution in [0.4, 0.5) is 0 Å². The van der Waals surface area contributed by atoms with Gasteiger partial charge in [-0.3, -0.25) is 0 Å². The van der Waals surface area contributed by atoms with Gasteiger partial charge in [-0.15, -0.1) is 0 Å². The van der Waals surface area contributed by atoms with Crippen molar-refractivity contribution in [1.82, 2.24) is 0 Å². The minimum atomic E-state index is 0.219. The molecular formula is C18H23NOS. The van der Waals surface area contributed by atoms with E-state index in [2.05, 4.69) is 36.4 Å². The SMILES string of the molecule is N#CC1CCC(c2ccccc2)CC1SCC1CCCO1. The molecule has 1 aromatic carbocycles. The van der Waals surface area contributed by atoms with Crippen molar-refractivity contribution in [2.24, 2.45) is 5.92 Å². The quantitative estimate of drug-likeness (QED) is 0.827. The summed E-state index contributed by atoms with van der Waals surface area (Å²) in [5, 5.41) is 9.89. The third kappa shape index (κ3) is 3.81. The second kappa shape index (κ2) is 7.33. The molecule has 0 aromatic heterocycles. The van der Waals surface area contributed by atoms with Crippen LogP contribution in [0.3, 0.4) is 0 Å². The van der Waals surface area contributed by atoms with Gasteiger partial charge in [0.2, 0.25) is 0 Å². The molecule has 112 valence electrons. The lowest BCUT2D eigenvalue weighted by Gasteiger charge is -2.33. The van der Waals surface area contributed by atoms with Crippen LogP contribution in [0.15, 0.2) is 30.3 Å². The van der Waals surface area contributed by atoms with Gasteiger partial charge >= 0.3 is 0 Å². The zero-order valence-electron chi connectivity index (χ0n) is 12.4. The van der Waals surface area contributed by atoms with E-state index in [1.165, 1.54) is 18.4 Å². The molecule has 2 nitrogen and oxygen atoms in total. The Balaban J connectivity index is 1.60. The molecule has 0 radical (unpaired) electrons.